The van der Waals surface area contributed by atoms with Gasteiger partial charge in [-0.2, -0.15) is 13.2 Å². The van der Waals surface area contributed by atoms with Crippen molar-refractivity contribution in [3.05, 3.63) is 53.1 Å². The summed E-state index contributed by atoms with van der Waals surface area (Å²) in [6, 6.07) is 8.17. The Morgan fingerprint density at radius 2 is 1.69 bits per heavy atom. The van der Waals surface area contributed by atoms with Crippen LogP contribution in [0.5, 0.6) is 11.5 Å². The zero-order chi connectivity index (χ0) is 23.4. The molecule has 0 spiro atoms. The summed E-state index contributed by atoms with van der Waals surface area (Å²) >= 11 is 0. The number of hydrogen-bond acceptors (Lipinski definition) is 5. The second-order valence-electron chi connectivity index (χ2n) is 7.60. The number of nitrogens with one attached hydrogen (secondary N) is 1. The van der Waals surface area contributed by atoms with Crippen molar-refractivity contribution >= 4 is 10.0 Å². The van der Waals surface area contributed by atoms with Crippen LogP contribution >= 0.6 is 0 Å². The van der Waals surface area contributed by atoms with Gasteiger partial charge in [0.25, 0.3) is 0 Å². The summed E-state index contributed by atoms with van der Waals surface area (Å²) in [6.07, 6.45) is -2.63. The molecular formula is C22H27F3N2O4S. The quantitative estimate of drug-likeness (QED) is 0.562. The van der Waals surface area contributed by atoms with E-state index in [1.807, 2.05) is 12.1 Å². The molecule has 0 atom stereocenters. The van der Waals surface area contributed by atoms with Crippen LogP contribution in [0.2, 0.25) is 0 Å². The Balaban J connectivity index is 1.51. The molecule has 2 aromatic carbocycles. The molecule has 1 heterocycles. The van der Waals surface area contributed by atoms with E-state index < -0.39 is 26.7 Å². The zero-order valence-electron chi connectivity index (χ0n) is 18.0. The number of fused-ring (bicyclic) bond motifs is 1. The van der Waals surface area contributed by atoms with Crippen molar-refractivity contribution < 1.29 is 31.1 Å². The van der Waals surface area contributed by atoms with E-state index in [-0.39, 0.29) is 6.54 Å². The smallest absolute Gasteiger partial charge is 0.417 e. The summed E-state index contributed by atoms with van der Waals surface area (Å²) in [5.74, 6) is 1.39. The number of alkyl halides is 3. The van der Waals surface area contributed by atoms with E-state index in [1.54, 1.807) is 14.2 Å². The van der Waals surface area contributed by atoms with Gasteiger partial charge in [-0.1, -0.05) is 12.1 Å². The summed E-state index contributed by atoms with van der Waals surface area (Å²) < 4.78 is 77.1. The van der Waals surface area contributed by atoms with Crippen molar-refractivity contribution in [1.29, 1.82) is 0 Å². The molecule has 1 N–H and O–H groups in total. The van der Waals surface area contributed by atoms with Gasteiger partial charge in [0, 0.05) is 19.6 Å². The summed E-state index contributed by atoms with van der Waals surface area (Å²) in [5, 5.41) is 0. The lowest BCUT2D eigenvalue weighted by molar-refractivity contribution is -0.139. The molecule has 0 saturated heterocycles. The van der Waals surface area contributed by atoms with Crippen LogP contribution in [0.1, 0.15) is 29.5 Å². The second-order valence-corrected chi connectivity index (χ2v) is 9.34. The largest absolute Gasteiger partial charge is 0.493 e. The van der Waals surface area contributed by atoms with Crippen LogP contribution in [-0.2, 0) is 29.2 Å². The summed E-state index contributed by atoms with van der Waals surface area (Å²) in [6.45, 7) is 2.45. The molecule has 32 heavy (non-hydrogen) atoms. The molecule has 0 saturated carbocycles. The minimum absolute atomic E-state index is 0.0734. The predicted molar refractivity (Wildman–Crippen MR) is 114 cm³/mol. The SMILES string of the molecule is COc1cc2c(cc1OC)CN(CCCCNS(=O)(=O)c1ccccc1C(F)(F)F)CC2. The van der Waals surface area contributed by atoms with Crippen LogP contribution in [0.15, 0.2) is 41.3 Å². The van der Waals surface area contributed by atoms with Crippen molar-refractivity contribution in [3.63, 3.8) is 0 Å². The molecule has 2 aromatic rings. The minimum Gasteiger partial charge on any atom is -0.493 e. The summed E-state index contributed by atoms with van der Waals surface area (Å²) in [4.78, 5) is 1.52. The van der Waals surface area contributed by atoms with E-state index in [2.05, 4.69) is 9.62 Å². The van der Waals surface area contributed by atoms with Gasteiger partial charge in [0.05, 0.1) is 24.7 Å². The maximum atomic E-state index is 13.1. The van der Waals surface area contributed by atoms with Crippen LogP contribution in [0.4, 0.5) is 13.2 Å². The third-order valence-corrected chi connectivity index (χ3v) is 6.99. The number of rotatable bonds is 9. The number of ether oxygens (including phenoxy) is 2. The number of nitrogens with zero attached hydrogens (tertiary/aromatic N) is 1. The monoisotopic (exact) mass is 472 g/mol. The Kier molecular flexibility index (Phi) is 7.68. The van der Waals surface area contributed by atoms with E-state index in [1.165, 1.54) is 23.3 Å². The molecule has 0 fully saturated rings. The zero-order valence-corrected chi connectivity index (χ0v) is 18.9. The molecule has 1 aliphatic heterocycles. The van der Waals surface area contributed by atoms with Gasteiger partial charge >= 0.3 is 6.18 Å². The van der Waals surface area contributed by atoms with Crippen molar-refractivity contribution in [1.82, 2.24) is 9.62 Å². The van der Waals surface area contributed by atoms with Crippen molar-refractivity contribution in [3.8, 4) is 11.5 Å². The minimum atomic E-state index is -4.73. The van der Waals surface area contributed by atoms with Gasteiger partial charge in [-0.25, -0.2) is 13.1 Å². The molecule has 6 nitrogen and oxygen atoms in total. The number of methoxy groups -OCH3 is 2. The van der Waals surface area contributed by atoms with Crippen molar-refractivity contribution in [2.45, 2.75) is 36.9 Å². The lowest BCUT2D eigenvalue weighted by Gasteiger charge is -2.29. The fourth-order valence-corrected chi connectivity index (χ4v) is 5.11. The number of benzene rings is 2. The van der Waals surface area contributed by atoms with Crippen molar-refractivity contribution in [2.24, 2.45) is 0 Å². The van der Waals surface area contributed by atoms with Crippen molar-refractivity contribution in [2.75, 3.05) is 33.9 Å². The third-order valence-electron chi connectivity index (χ3n) is 5.47. The molecule has 0 aliphatic carbocycles. The third kappa shape index (κ3) is 5.73. The van der Waals surface area contributed by atoms with E-state index in [0.29, 0.717) is 24.3 Å². The summed E-state index contributed by atoms with van der Waals surface area (Å²) in [5.41, 5.74) is 1.22. The highest BCUT2D eigenvalue weighted by atomic mass is 32.2. The molecule has 10 heteroatoms. The van der Waals surface area contributed by atoms with Gasteiger partial charge in [-0.05, 0) is 61.2 Å². The van der Waals surface area contributed by atoms with Gasteiger partial charge in [0.15, 0.2) is 11.5 Å². The molecule has 0 radical (unpaired) electrons. The van der Waals surface area contributed by atoms with Crippen LogP contribution < -0.4 is 14.2 Å². The Morgan fingerprint density at radius 3 is 2.34 bits per heavy atom. The van der Waals surface area contributed by atoms with Crippen LogP contribution in [0.3, 0.4) is 0 Å². The standard InChI is InChI=1S/C22H27F3N2O4S/c1-30-19-13-16-9-12-27(15-17(16)14-20(19)31-2)11-6-5-10-26-32(28,29)21-8-4-3-7-18(21)22(23,24)25/h3-4,7-8,13-14,26H,5-6,9-12,15H2,1-2H3. The maximum Gasteiger partial charge on any atom is 0.417 e. The number of hydrogen-bond donors (Lipinski definition) is 1. The first kappa shape index (κ1) is 24.3. The number of unbranched alkanes of at least 4 members (excludes halogenated alkanes) is 1. The topological polar surface area (TPSA) is 67.9 Å². The lowest BCUT2D eigenvalue weighted by atomic mass is 9.98. The van der Waals surface area contributed by atoms with Gasteiger partial charge in [0.1, 0.15) is 0 Å². The summed E-state index contributed by atoms with van der Waals surface area (Å²) in [7, 11) is -1.04. The fourth-order valence-electron chi connectivity index (χ4n) is 3.81. The van der Waals surface area contributed by atoms with Crippen LogP contribution in [0.25, 0.3) is 0 Å². The van der Waals surface area contributed by atoms with E-state index in [0.717, 1.165) is 38.2 Å². The van der Waals surface area contributed by atoms with Crippen LogP contribution in [0, 0.1) is 0 Å². The molecule has 0 bridgehead atoms. The average molecular weight is 473 g/mol. The average Bonchev–Trinajstić information content (AvgIpc) is 2.77. The maximum absolute atomic E-state index is 13.1. The van der Waals surface area contributed by atoms with Gasteiger partial charge in [-0.15, -0.1) is 0 Å². The molecular weight excluding hydrogens is 445 g/mol. The first-order valence-electron chi connectivity index (χ1n) is 10.3. The fraction of sp³-hybridized carbons (Fsp3) is 0.455. The molecule has 3 rings (SSSR count). The first-order valence-corrected chi connectivity index (χ1v) is 11.8. The van der Waals surface area contributed by atoms with E-state index >= 15 is 0 Å². The second kappa shape index (κ2) is 10.1. The number of halogens is 3. The van der Waals surface area contributed by atoms with Gasteiger partial charge in [-0.3, -0.25) is 4.90 Å². The molecule has 0 amide bonds. The van der Waals surface area contributed by atoms with Gasteiger partial charge in [0.2, 0.25) is 10.0 Å². The highest BCUT2D eigenvalue weighted by molar-refractivity contribution is 7.89. The van der Waals surface area contributed by atoms with E-state index in [9.17, 15) is 21.6 Å². The Labute approximate surface area is 186 Å². The van der Waals surface area contributed by atoms with E-state index in [4.69, 9.17) is 9.47 Å². The highest BCUT2D eigenvalue weighted by Gasteiger charge is 2.36. The number of sulfonamides is 1. The lowest BCUT2D eigenvalue weighted by Crippen LogP contribution is -2.32. The Hall–Kier alpha value is -2.30. The molecule has 1 aliphatic rings. The highest BCUT2D eigenvalue weighted by Crippen LogP contribution is 2.34. The predicted octanol–water partition coefficient (Wildman–Crippen LogP) is 3.84. The molecule has 0 aromatic heterocycles. The normalized spacial score (nSPS) is 14.8. The Morgan fingerprint density at radius 1 is 1.03 bits per heavy atom. The first-order chi connectivity index (χ1) is 15.2. The Bertz CT molecular complexity index is 1040. The van der Waals surface area contributed by atoms with Crippen LogP contribution in [-0.4, -0.2) is 47.2 Å². The van der Waals surface area contributed by atoms with Gasteiger partial charge < -0.3 is 9.47 Å². The molecule has 0 unspecified atom stereocenters. The molecule has 176 valence electrons.